The lowest BCUT2D eigenvalue weighted by Gasteiger charge is -2.23. The van der Waals surface area contributed by atoms with Crippen molar-refractivity contribution in [1.29, 1.82) is 0 Å². The number of nitrogens with one attached hydrogen (secondary N) is 1. The molecule has 1 aromatic rings. The number of carbonyl (C=O) groups is 1. The van der Waals surface area contributed by atoms with Crippen LogP contribution in [0.1, 0.15) is 31.9 Å². The zero-order valence-corrected chi connectivity index (χ0v) is 12.0. The van der Waals surface area contributed by atoms with Crippen molar-refractivity contribution < 1.29 is 9.90 Å². The molecule has 4 nitrogen and oxygen atoms in total. The van der Waals surface area contributed by atoms with Gasteiger partial charge in [0.25, 0.3) is 0 Å². The number of benzene rings is 1. The standard InChI is InChI=1S/C15H24N2O2/c1-4-17(5-2)15(19)12(3)16-10-13-7-6-8-14(9-13)11-18/h6-9,12,16,18H,4-5,10-11H2,1-3H3. The summed E-state index contributed by atoms with van der Waals surface area (Å²) in [6, 6.07) is 7.54. The van der Waals surface area contributed by atoms with Gasteiger partial charge < -0.3 is 15.3 Å². The predicted molar refractivity (Wildman–Crippen MR) is 76.6 cm³/mol. The van der Waals surface area contributed by atoms with E-state index in [9.17, 15) is 4.79 Å². The van der Waals surface area contributed by atoms with E-state index in [1.807, 2.05) is 49.9 Å². The van der Waals surface area contributed by atoms with Gasteiger partial charge in [0.05, 0.1) is 12.6 Å². The van der Waals surface area contributed by atoms with Gasteiger partial charge >= 0.3 is 0 Å². The molecule has 0 spiro atoms. The van der Waals surface area contributed by atoms with Crippen molar-refractivity contribution in [2.24, 2.45) is 0 Å². The predicted octanol–water partition coefficient (Wildman–Crippen LogP) is 1.53. The zero-order chi connectivity index (χ0) is 14.3. The molecule has 0 fully saturated rings. The Bertz CT molecular complexity index is 403. The van der Waals surface area contributed by atoms with Crippen molar-refractivity contribution in [1.82, 2.24) is 10.2 Å². The molecule has 0 saturated heterocycles. The highest BCUT2D eigenvalue weighted by atomic mass is 16.3. The van der Waals surface area contributed by atoms with Crippen molar-refractivity contribution >= 4 is 5.91 Å². The number of aliphatic hydroxyl groups excluding tert-OH is 1. The highest BCUT2D eigenvalue weighted by Gasteiger charge is 2.17. The molecule has 1 rings (SSSR count). The first-order valence-corrected chi connectivity index (χ1v) is 6.83. The average Bonchev–Trinajstić information content (AvgIpc) is 2.46. The third-order valence-corrected chi connectivity index (χ3v) is 3.23. The summed E-state index contributed by atoms with van der Waals surface area (Å²) in [6.45, 7) is 8.00. The summed E-state index contributed by atoms with van der Waals surface area (Å²) in [4.78, 5) is 13.9. The second kappa shape index (κ2) is 7.92. The zero-order valence-electron chi connectivity index (χ0n) is 12.0. The Kier molecular flexibility index (Phi) is 6.53. The van der Waals surface area contributed by atoms with Crippen LogP contribution in [0.2, 0.25) is 0 Å². The number of nitrogens with zero attached hydrogens (tertiary/aromatic N) is 1. The van der Waals surface area contributed by atoms with Crippen molar-refractivity contribution in [2.45, 2.75) is 40.0 Å². The van der Waals surface area contributed by atoms with Gasteiger partial charge in [-0.2, -0.15) is 0 Å². The highest BCUT2D eigenvalue weighted by molar-refractivity contribution is 5.81. The molecule has 1 atom stereocenters. The Morgan fingerprint density at radius 3 is 2.53 bits per heavy atom. The molecule has 106 valence electrons. The molecule has 0 aliphatic carbocycles. The second-order valence-corrected chi connectivity index (χ2v) is 4.59. The van der Waals surface area contributed by atoms with Crippen molar-refractivity contribution in [2.75, 3.05) is 13.1 Å². The van der Waals surface area contributed by atoms with Crippen LogP contribution in [0.4, 0.5) is 0 Å². The highest BCUT2D eigenvalue weighted by Crippen LogP contribution is 2.05. The first-order valence-electron chi connectivity index (χ1n) is 6.83. The monoisotopic (exact) mass is 264 g/mol. The fourth-order valence-electron chi connectivity index (χ4n) is 2.01. The Morgan fingerprint density at radius 2 is 1.95 bits per heavy atom. The molecule has 0 heterocycles. The first-order chi connectivity index (χ1) is 9.12. The number of rotatable bonds is 7. The Labute approximate surface area is 115 Å². The molecular weight excluding hydrogens is 240 g/mol. The van der Waals surface area contributed by atoms with Crippen LogP contribution in [0.3, 0.4) is 0 Å². The second-order valence-electron chi connectivity index (χ2n) is 4.59. The van der Waals surface area contributed by atoms with Crippen LogP contribution in [-0.2, 0) is 17.9 Å². The summed E-state index contributed by atoms with van der Waals surface area (Å²) in [5, 5.41) is 12.3. The van der Waals surface area contributed by atoms with Crippen LogP contribution < -0.4 is 5.32 Å². The van der Waals surface area contributed by atoms with Gasteiger partial charge in [-0.15, -0.1) is 0 Å². The molecule has 0 radical (unpaired) electrons. The fourth-order valence-corrected chi connectivity index (χ4v) is 2.01. The van der Waals surface area contributed by atoms with E-state index in [4.69, 9.17) is 5.11 Å². The molecule has 0 aliphatic rings. The summed E-state index contributed by atoms with van der Waals surface area (Å²) >= 11 is 0. The number of hydrogen-bond acceptors (Lipinski definition) is 3. The third kappa shape index (κ3) is 4.65. The van der Waals surface area contributed by atoms with Crippen LogP contribution in [0.25, 0.3) is 0 Å². The van der Waals surface area contributed by atoms with E-state index in [0.717, 1.165) is 24.2 Å². The van der Waals surface area contributed by atoms with E-state index in [-0.39, 0.29) is 18.6 Å². The molecule has 1 amide bonds. The maximum absolute atomic E-state index is 12.1. The first kappa shape index (κ1) is 15.7. The van der Waals surface area contributed by atoms with E-state index in [1.54, 1.807) is 0 Å². The molecule has 4 heteroatoms. The molecule has 0 aliphatic heterocycles. The molecular formula is C15H24N2O2. The van der Waals surface area contributed by atoms with Crippen molar-refractivity contribution in [3.63, 3.8) is 0 Å². The molecule has 1 unspecified atom stereocenters. The number of amides is 1. The summed E-state index contributed by atoms with van der Waals surface area (Å²) < 4.78 is 0. The van der Waals surface area contributed by atoms with Gasteiger partial charge in [0.15, 0.2) is 0 Å². The van der Waals surface area contributed by atoms with Crippen LogP contribution in [0.15, 0.2) is 24.3 Å². The van der Waals surface area contributed by atoms with Gasteiger partial charge in [0.1, 0.15) is 0 Å². The van der Waals surface area contributed by atoms with E-state index in [0.29, 0.717) is 6.54 Å². The smallest absolute Gasteiger partial charge is 0.239 e. The summed E-state index contributed by atoms with van der Waals surface area (Å²) in [5.41, 5.74) is 1.97. The average molecular weight is 264 g/mol. The van der Waals surface area contributed by atoms with E-state index < -0.39 is 0 Å². The van der Waals surface area contributed by atoms with E-state index >= 15 is 0 Å². The number of likely N-dealkylation sites (N-methyl/N-ethyl adjacent to an activating group) is 1. The van der Waals surface area contributed by atoms with Gasteiger partial charge in [0.2, 0.25) is 5.91 Å². The quantitative estimate of drug-likeness (QED) is 0.785. The normalized spacial score (nSPS) is 12.2. The van der Waals surface area contributed by atoms with Gasteiger partial charge in [-0.1, -0.05) is 24.3 Å². The minimum absolute atomic E-state index is 0.0434. The molecule has 0 bridgehead atoms. The van der Waals surface area contributed by atoms with Crippen LogP contribution in [-0.4, -0.2) is 35.0 Å². The van der Waals surface area contributed by atoms with Crippen molar-refractivity contribution in [3.05, 3.63) is 35.4 Å². The number of aliphatic hydroxyl groups is 1. The Morgan fingerprint density at radius 1 is 1.32 bits per heavy atom. The Hall–Kier alpha value is -1.39. The fraction of sp³-hybridized carbons (Fsp3) is 0.533. The topological polar surface area (TPSA) is 52.6 Å². The van der Waals surface area contributed by atoms with Gasteiger partial charge in [0, 0.05) is 19.6 Å². The SMILES string of the molecule is CCN(CC)C(=O)C(C)NCc1cccc(CO)c1. The molecule has 19 heavy (non-hydrogen) atoms. The lowest BCUT2D eigenvalue weighted by Crippen LogP contribution is -2.44. The van der Waals surface area contributed by atoms with Crippen LogP contribution in [0.5, 0.6) is 0 Å². The van der Waals surface area contributed by atoms with Crippen LogP contribution >= 0.6 is 0 Å². The van der Waals surface area contributed by atoms with Crippen molar-refractivity contribution in [3.8, 4) is 0 Å². The minimum atomic E-state index is -0.197. The summed E-state index contributed by atoms with van der Waals surface area (Å²) in [6.07, 6.45) is 0. The maximum atomic E-state index is 12.1. The molecule has 0 saturated carbocycles. The maximum Gasteiger partial charge on any atom is 0.239 e. The van der Waals surface area contributed by atoms with Gasteiger partial charge in [-0.25, -0.2) is 0 Å². The van der Waals surface area contributed by atoms with Gasteiger partial charge in [-0.05, 0) is 31.9 Å². The number of hydrogen-bond donors (Lipinski definition) is 2. The van der Waals surface area contributed by atoms with E-state index in [2.05, 4.69) is 5.32 Å². The summed E-state index contributed by atoms with van der Waals surface area (Å²) in [7, 11) is 0. The third-order valence-electron chi connectivity index (χ3n) is 3.23. The molecule has 2 N–H and O–H groups in total. The molecule has 1 aromatic carbocycles. The van der Waals surface area contributed by atoms with Crippen LogP contribution in [0, 0.1) is 0 Å². The lowest BCUT2D eigenvalue weighted by molar-refractivity contribution is -0.132. The Balaban J connectivity index is 2.53. The largest absolute Gasteiger partial charge is 0.392 e. The van der Waals surface area contributed by atoms with E-state index in [1.165, 1.54) is 0 Å². The number of carbonyl (C=O) groups excluding carboxylic acids is 1. The summed E-state index contributed by atoms with van der Waals surface area (Å²) in [5.74, 6) is 0.128. The van der Waals surface area contributed by atoms with Gasteiger partial charge in [-0.3, -0.25) is 4.79 Å². The lowest BCUT2D eigenvalue weighted by atomic mass is 10.1. The minimum Gasteiger partial charge on any atom is -0.392 e. The molecule has 0 aromatic heterocycles.